The van der Waals surface area contributed by atoms with Crippen molar-refractivity contribution in [2.24, 2.45) is 5.92 Å². The molecule has 4 rings (SSSR count). The Morgan fingerprint density at radius 3 is 2.66 bits per heavy atom. The van der Waals surface area contributed by atoms with Crippen molar-refractivity contribution in [3.8, 4) is 11.4 Å². The zero-order chi connectivity index (χ0) is 22.7. The minimum atomic E-state index is -0.305. The Hall–Kier alpha value is -3.46. The normalized spacial score (nSPS) is 16.0. The van der Waals surface area contributed by atoms with E-state index in [-0.39, 0.29) is 17.7 Å². The average molecular weight is 455 g/mol. The molecule has 1 aliphatic heterocycles. The number of rotatable bonds is 5. The lowest BCUT2D eigenvalue weighted by Gasteiger charge is -2.32. The minimum absolute atomic E-state index is 0.0972. The van der Waals surface area contributed by atoms with E-state index in [0.717, 1.165) is 6.42 Å². The van der Waals surface area contributed by atoms with Gasteiger partial charge in [0.05, 0.1) is 13.0 Å². The number of hydrogen-bond donors (Lipinski definition) is 1. The number of carbonyl (C=O) groups excluding carboxylic acids is 2. The van der Waals surface area contributed by atoms with Gasteiger partial charge in [0, 0.05) is 29.4 Å². The van der Waals surface area contributed by atoms with E-state index in [1.807, 2.05) is 0 Å². The van der Waals surface area contributed by atoms with Gasteiger partial charge in [0.2, 0.25) is 5.91 Å². The lowest BCUT2D eigenvalue weighted by atomic mass is 9.96. The second kappa shape index (κ2) is 9.35. The number of anilines is 1. The third-order valence-corrected chi connectivity index (χ3v) is 5.72. The van der Waals surface area contributed by atoms with Crippen LogP contribution in [-0.4, -0.2) is 57.1 Å². The van der Waals surface area contributed by atoms with Crippen molar-refractivity contribution in [3.63, 3.8) is 0 Å². The maximum absolute atomic E-state index is 13.0. The number of hydrogen-bond acceptors (Lipinski definition) is 6. The molecule has 0 bridgehead atoms. The van der Waals surface area contributed by atoms with E-state index < -0.39 is 0 Å². The standard InChI is InChI=1S/C22H23ClN6O3/c1-14-25-26-27-29(14)19-12-18(9-10-20(19)32-2)24-21(30)16-4-3-11-28(13-16)22(31)15-5-7-17(23)8-6-15/h5-10,12,16H,3-4,11,13H2,1-2H3,(H,24,30). The van der Waals surface area contributed by atoms with E-state index in [9.17, 15) is 9.59 Å². The van der Waals surface area contributed by atoms with Crippen molar-refractivity contribution in [2.45, 2.75) is 19.8 Å². The van der Waals surface area contributed by atoms with Crippen LogP contribution < -0.4 is 10.1 Å². The Labute approximate surface area is 190 Å². The van der Waals surface area contributed by atoms with Gasteiger partial charge in [-0.3, -0.25) is 9.59 Å². The van der Waals surface area contributed by atoms with E-state index in [2.05, 4.69) is 20.8 Å². The summed E-state index contributed by atoms with van der Waals surface area (Å²) in [5.74, 6) is 0.634. The van der Waals surface area contributed by atoms with E-state index in [1.54, 1.807) is 66.1 Å². The van der Waals surface area contributed by atoms with E-state index in [4.69, 9.17) is 16.3 Å². The summed E-state index contributed by atoms with van der Waals surface area (Å²) in [6.07, 6.45) is 1.47. The summed E-state index contributed by atoms with van der Waals surface area (Å²) in [6, 6.07) is 12.1. The molecule has 2 heterocycles. The van der Waals surface area contributed by atoms with Crippen LogP contribution in [0.2, 0.25) is 5.02 Å². The fourth-order valence-corrected chi connectivity index (χ4v) is 3.91. The van der Waals surface area contributed by atoms with Gasteiger partial charge in [-0.15, -0.1) is 5.10 Å². The molecule has 32 heavy (non-hydrogen) atoms. The van der Waals surface area contributed by atoms with Gasteiger partial charge in [-0.25, -0.2) is 0 Å². The smallest absolute Gasteiger partial charge is 0.253 e. The maximum atomic E-state index is 13.0. The summed E-state index contributed by atoms with van der Waals surface area (Å²) in [6.45, 7) is 2.76. The Morgan fingerprint density at radius 1 is 1.19 bits per heavy atom. The van der Waals surface area contributed by atoms with E-state index in [1.165, 1.54) is 0 Å². The lowest BCUT2D eigenvalue weighted by Crippen LogP contribution is -2.43. The molecule has 1 N–H and O–H groups in total. The second-order valence-corrected chi connectivity index (χ2v) is 8.05. The molecule has 2 aromatic carbocycles. The molecule has 10 heteroatoms. The summed E-state index contributed by atoms with van der Waals surface area (Å²) in [4.78, 5) is 27.5. The Bertz CT molecular complexity index is 1130. The molecule has 0 aliphatic carbocycles. The van der Waals surface area contributed by atoms with Crippen molar-refractivity contribution in [1.82, 2.24) is 25.1 Å². The average Bonchev–Trinajstić information content (AvgIpc) is 3.24. The Balaban J connectivity index is 1.47. The largest absolute Gasteiger partial charge is 0.494 e. The topological polar surface area (TPSA) is 102 Å². The van der Waals surface area contributed by atoms with Gasteiger partial charge in [0.1, 0.15) is 11.4 Å². The highest BCUT2D eigenvalue weighted by molar-refractivity contribution is 6.30. The molecule has 1 aromatic heterocycles. The fraction of sp³-hybridized carbons (Fsp3) is 0.318. The highest BCUT2D eigenvalue weighted by Crippen LogP contribution is 2.27. The van der Waals surface area contributed by atoms with Crippen LogP contribution in [0.25, 0.3) is 5.69 Å². The monoisotopic (exact) mass is 454 g/mol. The van der Waals surface area contributed by atoms with Crippen molar-refractivity contribution in [3.05, 3.63) is 58.9 Å². The number of tetrazole rings is 1. The first-order chi connectivity index (χ1) is 15.5. The number of carbonyl (C=O) groups is 2. The quantitative estimate of drug-likeness (QED) is 0.635. The lowest BCUT2D eigenvalue weighted by molar-refractivity contribution is -0.121. The minimum Gasteiger partial charge on any atom is -0.494 e. The molecule has 1 saturated heterocycles. The zero-order valence-electron chi connectivity index (χ0n) is 17.8. The molecule has 1 atom stereocenters. The number of halogens is 1. The van der Waals surface area contributed by atoms with Crippen LogP contribution in [0.4, 0.5) is 5.69 Å². The summed E-state index contributed by atoms with van der Waals surface area (Å²) < 4.78 is 6.95. The van der Waals surface area contributed by atoms with Crippen molar-refractivity contribution in [1.29, 1.82) is 0 Å². The number of amides is 2. The van der Waals surface area contributed by atoms with Crippen molar-refractivity contribution >= 4 is 29.1 Å². The SMILES string of the molecule is COc1ccc(NC(=O)C2CCCN(C(=O)c3ccc(Cl)cc3)C2)cc1-n1nnnc1C. The van der Waals surface area contributed by atoms with Gasteiger partial charge in [0.15, 0.2) is 5.82 Å². The van der Waals surface area contributed by atoms with Gasteiger partial charge < -0.3 is 15.0 Å². The molecule has 1 aliphatic rings. The molecular formula is C22H23ClN6O3. The summed E-state index contributed by atoms with van der Waals surface area (Å²) in [5.41, 5.74) is 1.78. The van der Waals surface area contributed by atoms with Crippen LogP contribution in [0.1, 0.15) is 29.0 Å². The van der Waals surface area contributed by atoms with Crippen LogP contribution in [0.3, 0.4) is 0 Å². The van der Waals surface area contributed by atoms with Gasteiger partial charge in [0.25, 0.3) is 5.91 Å². The number of aryl methyl sites for hydroxylation is 1. The number of piperidine rings is 1. The number of aromatic nitrogens is 4. The van der Waals surface area contributed by atoms with Crippen LogP contribution in [0, 0.1) is 12.8 Å². The number of nitrogens with zero attached hydrogens (tertiary/aromatic N) is 5. The van der Waals surface area contributed by atoms with Crippen molar-refractivity contribution in [2.75, 3.05) is 25.5 Å². The second-order valence-electron chi connectivity index (χ2n) is 7.61. The molecule has 1 fully saturated rings. The van der Waals surface area contributed by atoms with Gasteiger partial charge in [-0.2, -0.15) is 4.68 Å². The molecule has 1 unspecified atom stereocenters. The van der Waals surface area contributed by atoms with Crippen molar-refractivity contribution < 1.29 is 14.3 Å². The molecular weight excluding hydrogens is 432 g/mol. The first-order valence-electron chi connectivity index (χ1n) is 10.3. The summed E-state index contributed by atoms with van der Waals surface area (Å²) >= 11 is 5.92. The third-order valence-electron chi connectivity index (χ3n) is 5.47. The number of likely N-dealkylation sites (tertiary alicyclic amines) is 1. The van der Waals surface area contributed by atoms with Gasteiger partial charge in [-0.05, 0) is 72.7 Å². The molecule has 0 radical (unpaired) electrons. The molecule has 0 saturated carbocycles. The molecule has 0 spiro atoms. The molecule has 2 amide bonds. The van der Waals surface area contributed by atoms with Gasteiger partial charge in [-0.1, -0.05) is 11.6 Å². The Morgan fingerprint density at radius 2 is 1.97 bits per heavy atom. The fourth-order valence-electron chi connectivity index (χ4n) is 3.78. The number of nitrogens with one attached hydrogen (secondary N) is 1. The number of methoxy groups -OCH3 is 1. The van der Waals surface area contributed by atoms with Crippen LogP contribution >= 0.6 is 11.6 Å². The van der Waals surface area contributed by atoms with Crippen LogP contribution in [0.5, 0.6) is 5.75 Å². The zero-order valence-corrected chi connectivity index (χ0v) is 18.5. The number of benzene rings is 2. The molecule has 166 valence electrons. The van der Waals surface area contributed by atoms with Crippen LogP contribution in [0.15, 0.2) is 42.5 Å². The summed E-state index contributed by atoms with van der Waals surface area (Å²) in [7, 11) is 1.56. The number of ether oxygens (including phenoxy) is 1. The predicted molar refractivity (Wildman–Crippen MR) is 119 cm³/mol. The molecule has 3 aromatic rings. The highest BCUT2D eigenvalue weighted by atomic mass is 35.5. The van der Waals surface area contributed by atoms with Gasteiger partial charge >= 0.3 is 0 Å². The highest BCUT2D eigenvalue weighted by Gasteiger charge is 2.29. The first-order valence-corrected chi connectivity index (χ1v) is 10.6. The third kappa shape index (κ3) is 4.57. The van der Waals surface area contributed by atoms with E-state index in [0.29, 0.717) is 53.0 Å². The maximum Gasteiger partial charge on any atom is 0.253 e. The predicted octanol–water partition coefficient (Wildman–Crippen LogP) is 3.12. The summed E-state index contributed by atoms with van der Waals surface area (Å²) in [5, 5.41) is 15.1. The first kappa shape index (κ1) is 21.8. The van der Waals surface area contributed by atoms with Crippen LogP contribution in [-0.2, 0) is 4.79 Å². The van der Waals surface area contributed by atoms with E-state index >= 15 is 0 Å². The Kier molecular flexibility index (Phi) is 6.36. The molecule has 9 nitrogen and oxygen atoms in total.